The van der Waals surface area contributed by atoms with Gasteiger partial charge >= 0.3 is 0 Å². The highest BCUT2D eigenvalue weighted by atomic mass is 32.1. The Hall–Kier alpha value is -2.28. The molecule has 0 saturated carbocycles. The van der Waals surface area contributed by atoms with Crippen LogP contribution in [0.3, 0.4) is 0 Å². The minimum Gasteiger partial charge on any atom is -0.497 e. The van der Waals surface area contributed by atoms with E-state index in [1.807, 2.05) is 0 Å². The number of carbonyl (C=O) groups is 1. The molecular formula is C17H25N3O3S. The van der Waals surface area contributed by atoms with Crippen LogP contribution in [0.1, 0.15) is 31.7 Å². The number of hydrogen-bond acceptors (Lipinski definition) is 4. The van der Waals surface area contributed by atoms with Crippen molar-refractivity contribution in [3.63, 3.8) is 0 Å². The summed E-state index contributed by atoms with van der Waals surface area (Å²) in [5.41, 5.74) is 5.96. The number of benzene rings is 1. The van der Waals surface area contributed by atoms with Gasteiger partial charge < -0.3 is 14.8 Å². The molecule has 0 fully saturated rings. The lowest BCUT2D eigenvalue weighted by Crippen LogP contribution is -2.46. The van der Waals surface area contributed by atoms with Gasteiger partial charge in [0.25, 0.3) is 5.91 Å². The van der Waals surface area contributed by atoms with Crippen molar-refractivity contribution in [1.82, 2.24) is 16.2 Å². The summed E-state index contributed by atoms with van der Waals surface area (Å²) in [5, 5.41) is 3.42. The Morgan fingerprint density at radius 2 is 1.79 bits per heavy atom. The first-order chi connectivity index (χ1) is 11.6. The molecule has 0 spiro atoms. The zero-order valence-corrected chi connectivity index (χ0v) is 15.2. The number of methoxy groups -OCH3 is 2. The molecule has 0 atom stereocenters. The number of hydrazine groups is 1. The summed E-state index contributed by atoms with van der Waals surface area (Å²) >= 11 is 5.07. The van der Waals surface area contributed by atoms with E-state index < -0.39 is 0 Å². The van der Waals surface area contributed by atoms with Gasteiger partial charge in [-0.1, -0.05) is 19.8 Å². The summed E-state index contributed by atoms with van der Waals surface area (Å²) in [5.74, 6) is 1.00. The SMILES string of the molecule is CCCCCNC(=S)NNC(=O)/C=C/c1cc(OC)cc(OC)c1. The van der Waals surface area contributed by atoms with Crippen LogP contribution in [0.15, 0.2) is 24.3 Å². The molecular weight excluding hydrogens is 326 g/mol. The number of ether oxygens (including phenoxy) is 2. The number of carbonyl (C=O) groups excluding carboxylic acids is 1. The highest BCUT2D eigenvalue weighted by Crippen LogP contribution is 2.23. The maximum absolute atomic E-state index is 11.8. The Labute approximate surface area is 148 Å². The normalized spacial score (nSPS) is 10.3. The van der Waals surface area contributed by atoms with Crippen molar-refractivity contribution in [2.45, 2.75) is 26.2 Å². The lowest BCUT2D eigenvalue weighted by molar-refractivity contribution is -0.116. The highest BCUT2D eigenvalue weighted by molar-refractivity contribution is 7.80. The van der Waals surface area contributed by atoms with Crippen LogP contribution in [0, 0.1) is 0 Å². The molecule has 0 heterocycles. The van der Waals surface area contributed by atoms with E-state index in [0.717, 1.165) is 31.4 Å². The Kier molecular flexibility index (Phi) is 9.29. The summed E-state index contributed by atoms with van der Waals surface area (Å²) in [6.07, 6.45) is 6.41. The van der Waals surface area contributed by atoms with Crippen LogP contribution in [-0.4, -0.2) is 31.8 Å². The number of thiocarbonyl (C=S) groups is 1. The lowest BCUT2D eigenvalue weighted by Gasteiger charge is -2.10. The maximum Gasteiger partial charge on any atom is 0.262 e. The van der Waals surface area contributed by atoms with Crippen LogP contribution in [-0.2, 0) is 4.79 Å². The van der Waals surface area contributed by atoms with Gasteiger partial charge in [-0.05, 0) is 42.4 Å². The molecule has 0 aromatic heterocycles. The molecule has 0 unspecified atom stereocenters. The first-order valence-corrected chi connectivity index (χ1v) is 8.24. The van der Waals surface area contributed by atoms with E-state index >= 15 is 0 Å². The third-order valence-corrected chi connectivity index (χ3v) is 3.41. The average molecular weight is 351 g/mol. The molecule has 1 amide bonds. The van der Waals surface area contributed by atoms with Crippen LogP contribution < -0.4 is 25.6 Å². The molecule has 0 aliphatic heterocycles. The first-order valence-electron chi connectivity index (χ1n) is 7.84. The second-order valence-corrected chi connectivity index (χ2v) is 5.46. The third kappa shape index (κ3) is 7.82. The predicted molar refractivity (Wildman–Crippen MR) is 100.0 cm³/mol. The van der Waals surface area contributed by atoms with Gasteiger partial charge in [0.15, 0.2) is 5.11 Å². The van der Waals surface area contributed by atoms with E-state index in [4.69, 9.17) is 21.7 Å². The number of amides is 1. The van der Waals surface area contributed by atoms with Crippen LogP contribution in [0.25, 0.3) is 6.08 Å². The summed E-state index contributed by atoms with van der Waals surface area (Å²) < 4.78 is 10.4. The van der Waals surface area contributed by atoms with Crippen molar-refractivity contribution in [1.29, 1.82) is 0 Å². The number of hydrogen-bond donors (Lipinski definition) is 3. The molecule has 0 saturated heterocycles. The predicted octanol–water partition coefficient (Wildman–Crippen LogP) is 2.40. The Morgan fingerprint density at radius 1 is 1.12 bits per heavy atom. The summed E-state index contributed by atoms with van der Waals surface area (Å²) in [6, 6.07) is 5.38. The van der Waals surface area contributed by atoms with E-state index in [1.165, 1.54) is 6.08 Å². The van der Waals surface area contributed by atoms with Crippen molar-refractivity contribution in [2.75, 3.05) is 20.8 Å². The molecule has 0 bridgehead atoms. The number of rotatable bonds is 8. The van der Waals surface area contributed by atoms with Gasteiger partial charge in [-0.25, -0.2) is 0 Å². The topological polar surface area (TPSA) is 71.6 Å². The monoisotopic (exact) mass is 351 g/mol. The quantitative estimate of drug-likeness (QED) is 0.289. The first kappa shape index (κ1) is 19.8. The van der Waals surface area contributed by atoms with Gasteiger partial charge in [0.2, 0.25) is 0 Å². The average Bonchev–Trinajstić information content (AvgIpc) is 2.61. The van der Waals surface area contributed by atoms with E-state index in [2.05, 4.69) is 23.1 Å². The Bertz CT molecular complexity index is 554. The van der Waals surface area contributed by atoms with Gasteiger partial charge in [0, 0.05) is 18.7 Å². The molecule has 132 valence electrons. The maximum atomic E-state index is 11.8. The largest absolute Gasteiger partial charge is 0.497 e. The minimum absolute atomic E-state index is 0.311. The van der Waals surface area contributed by atoms with E-state index in [9.17, 15) is 4.79 Å². The third-order valence-electron chi connectivity index (χ3n) is 3.17. The molecule has 3 N–H and O–H groups in total. The van der Waals surface area contributed by atoms with Gasteiger partial charge in [-0.3, -0.25) is 15.6 Å². The zero-order chi connectivity index (χ0) is 17.8. The molecule has 0 radical (unpaired) electrons. The van der Waals surface area contributed by atoms with Gasteiger partial charge in [-0.15, -0.1) is 0 Å². The Morgan fingerprint density at radius 3 is 2.38 bits per heavy atom. The summed E-state index contributed by atoms with van der Waals surface area (Å²) in [4.78, 5) is 11.8. The standard InChI is InChI=1S/C17H25N3O3S/c1-4-5-6-9-18-17(24)20-19-16(21)8-7-13-10-14(22-2)12-15(11-13)23-3/h7-8,10-12H,4-6,9H2,1-3H3,(H,19,21)(H2,18,20,24)/b8-7+. The zero-order valence-electron chi connectivity index (χ0n) is 14.3. The minimum atomic E-state index is -0.311. The smallest absolute Gasteiger partial charge is 0.262 e. The molecule has 1 rings (SSSR count). The fourth-order valence-corrected chi connectivity index (χ4v) is 2.03. The van der Waals surface area contributed by atoms with Crippen molar-refractivity contribution in [3.05, 3.63) is 29.8 Å². The van der Waals surface area contributed by atoms with Gasteiger partial charge in [-0.2, -0.15) is 0 Å². The van der Waals surface area contributed by atoms with E-state index in [-0.39, 0.29) is 5.91 Å². The van der Waals surface area contributed by atoms with Gasteiger partial charge in [0.1, 0.15) is 11.5 Å². The van der Waals surface area contributed by atoms with Gasteiger partial charge in [0.05, 0.1) is 14.2 Å². The van der Waals surface area contributed by atoms with E-state index in [0.29, 0.717) is 16.6 Å². The molecule has 1 aromatic rings. The summed E-state index contributed by atoms with van der Waals surface area (Å²) in [6.45, 7) is 2.93. The number of nitrogens with one attached hydrogen (secondary N) is 3. The highest BCUT2D eigenvalue weighted by Gasteiger charge is 2.01. The van der Waals surface area contributed by atoms with Crippen molar-refractivity contribution < 1.29 is 14.3 Å². The molecule has 1 aromatic carbocycles. The van der Waals surface area contributed by atoms with Crippen LogP contribution in [0.4, 0.5) is 0 Å². The van der Waals surface area contributed by atoms with E-state index in [1.54, 1.807) is 38.5 Å². The fraction of sp³-hybridized carbons (Fsp3) is 0.412. The van der Waals surface area contributed by atoms with Crippen LogP contribution >= 0.6 is 12.2 Å². The van der Waals surface area contributed by atoms with Crippen molar-refractivity contribution >= 4 is 29.3 Å². The molecule has 7 heteroatoms. The molecule has 0 aliphatic rings. The second-order valence-electron chi connectivity index (χ2n) is 5.06. The molecule has 0 aliphatic carbocycles. The molecule has 24 heavy (non-hydrogen) atoms. The lowest BCUT2D eigenvalue weighted by atomic mass is 10.2. The van der Waals surface area contributed by atoms with Crippen molar-refractivity contribution in [2.24, 2.45) is 0 Å². The Balaban J connectivity index is 2.44. The fourth-order valence-electron chi connectivity index (χ4n) is 1.88. The molecule has 6 nitrogen and oxygen atoms in total. The number of unbranched alkanes of at least 4 members (excludes halogenated alkanes) is 2. The van der Waals surface area contributed by atoms with Crippen molar-refractivity contribution in [3.8, 4) is 11.5 Å². The second kappa shape index (κ2) is 11.3. The van der Waals surface area contributed by atoms with Crippen LogP contribution in [0.2, 0.25) is 0 Å². The van der Waals surface area contributed by atoms with Crippen LogP contribution in [0.5, 0.6) is 11.5 Å². The summed E-state index contributed by atoms with van der Waals surface area (Å²) in [7, 11) is 3.15.